The second kappa shape index (κ2) is 7.43. The molecule has 5 nitrogen and oxygen atoms in total. The lowest BCUT2D eigenvalue weighted by atomic mass is 10.0. The van der Waals surface area contributed by atoms with Crippen molar-refractivity contribution in [2.24, 2.45) is 0 Å². The van der Waals surface area contributed by atoms with Gasteiger partial charge in [-0.15, -0.1) is 0 Å². The summed E-state index contributed by atoms with van der Waals surface area (Å²) in [4.78, 5) is 2.27. The first-order valence-electron chi connectivity index (χ1n) is 6.85. The van der Waals surface area contributed by atoms with Crippen molar-refractivity contribution in [3.05, 3.63) is 0 Å². The van der Waals surface area contributed by atoms with E-state index in [9.17, 15) is 8.42 Å². The van der Waals surface area contributed by atoms with Gasteiger partial charge in [-0.1, -0.05) is 6.92 Å². The molecular formula is C12H27N3O2S. The first-order chi connectivity index (χ1) is 8.44. The van der Waals surface area contributed by atoms with Crippen LogP contribution in [-0.4, -0.2) is 57.8 Å². The zero-order valence-corrected chi connectivity index (χ0v) is 12.6. The fraction of sp³-hybridized carbons (Fsp3) is 1.00. The molecule has 0 saturated carbocycles. The average molecular weight is 277 g/mol. The Morgan fingerprint density at radius 3 is 2.67 bits per heavy atom. The van der Waals surface area contributed by atoms with E-state index in [1.807, 2.05) is 0 Å². The van der Waals surface area contributed by atoms with Crippen molar-refractivity contribution in [1.82, 2.24) is 14.9 Å². The number of hydrogen-bond acceptors (Lipinski definition) is 4. The van der Waals surface area contributed by atoms with Crippen LogP contribution in [0.25, 0.3) is 0 Å². The standard InChI is InChI=1S/C12H27N3O2S/c1-4-6-13-7-9-18(16,17)14-12-5-8-15(3)11(2)10-12/h11-14H,4-10H2,1-3H3. The van der Waals surface area contributed by atoms with Crippen LogP contribution < -0.4 is 10.0 Å². The number of rotatable bonds is 7. The number of hydrogen-bond donors (Lipinski definition) is 2. The summed E-state index contributed by atoms with van der Waals surface area (Å²) in [7, 11) is -1.05. The van der Waals surface area contributed by atoms with E-state index in [4.69, 9.17) is 0 Å². The minimum Gasteiger partial charge on any atom is -0.316 e. The monoisotopic (exact) mass is 277 g/mol. The summed E-state index contributed by atoms with van der Waals surface area (Å²) < 4.78 is 26.6. The maximum absolute atomic E-state index is 11.9. The summed E-state index contributed by atoms with van der Waals surface area (Å²) in [6.45, 7) is 6.58. The van der Waals surface area contributed by atoms with Crippen molar-refractivity contribution in [3.63, 3.8) is 0 Å². The molecule has 0 aliphatic carbocycles. The Hall–Kier alpha value is -0.170. The maximum Gasteiger partial charge on any atom is 0.213 e. The van der Waals surface area contributed by atoms with Gasteiger partial charge in [-0.25, -0.2) is 13.1 Å². The van der Waals surface area contributed by atoms with Crippen molar-refractivity contribution in [1.29, 1.82) is 0 Å². The van der Waals surface area contributed by atoms with E-state index in [-0.39, 0.29) is 11.8 Å². The van der Waals surface area contributed by atoms with E-state index in [0.717, 1.165) is 32.4 Å². The molecule has 6 heteroatoms. The smallest absolute Gasteiger partial charge is 0.213 e. The van der Waals surface area contributed by atoms with Crippen LogP contribution in [0.1, 0.15) is 33.1 Å². The maximum atomic E-state index is 11.9. The molecule has 1 rings (SSSR count). The van der Waals surface area contributed by atoms with Gasteiger partial charge in [0.1, 0.15) is 0 Å². The highest BCUT2D eigenvalue weighted by Gasteiger charge is 2.25. The third kappa shape index (κ3) is 5.65. The molecule has 1 aliphatic heterocycles. The van der Waals surface area contributed by atoms with E-state index in [2.05, 4.69) is 35.8 Å². The second-order valence-electron chi connectivity index (χ2n) is 5.24. The summed E-state index contributed by atoms with van der Waals surface area (Å²) in [5.74, 6) is 0.174. The molecule has 0 bridgehead atoms. The van der Waals surface area contributed by atoms with Gasteiger partial charge < -0.3 is 10.2 Å². The first-order valence-corrected chi connectivity index (χ1v) is 8.51. The molecule has 0 aromatic rings. The molecule has 1 fully saturated rings. The minimum absolute atomic E-state index is 0.104. The Morgan fingerprint density at radius 2 is 2.06 bits per heavy atom. The molecule has 0 amide bonds. The molecule has 1 saturated heterocycles. The van der Waals surface area contributed by atoms with Crippen LogP contribution in [0.15, 0.2) is 0 Å². The predicted molar refractivity (Wildman–Crippen MR) is 75.2 cm³/mol. The number of nitrogens with zero attached hydrogens (tertiary/aromatic N) is 1. The van der Waals surface area contributed by atoms with Gasteiger partial charge in [0.2, 0.25) is 10.0 Å². The molecule has 0 aromatic carbocycles. The number of likely N-dealkylation sites (tertiary alicyclic amines) is 1. The van der Waals surface area contributed by atoms with E-state index in [1.54, 1.807) is 0 Å². The van der Waals surface area contributed by atoms with Crippen molar-refractivity contribution in [2.75, 3.05) is 32.4 Å². The van der Waals surface area contributed by atoms with Gasteiger partial charge in [0, 0.05) is 18.6 Å². The third-order valence-electron chi connectivity index (χ3n) is 3.53. The van der Waals surface area contributed by atoms with Gasteiger partial charge in [0.25, 0.3) is 0 Å². The highest BCUT2D eigenvalue weighted by Crippen LogP contribution is 2.15. The van der Waals surface area contributed by atoms with E-state index < -0.39 is 10.0 Å². The molecule has 1 aliphatic rings. The average Bonchev–Trinajstić information content (AvgIpc) is 2.29. The predicted octanol–water partition coefficient (Wildman–Crippen LogP) is 0.388. The number of piperidine rings is 1. The molecule has 0 spiro atoms. The Balaban J connectivity index is 2.32. The Morgan fingerprint density at radius 1 is 1.33 bits per heavy atom. The lowest BCUT2D eigenvalue weighted by molar-refractivity contribution is 0.178. The van der Waals surface area contributed by atoms with Gasteiger partial charge in [-0.2, -0.15) is 0 Å². The fourth-order valence-electron chi connectivity index (χ4n) is 2.22. The van der Waals surface area contributed by atoms with Crippen LogP contribution in [-0.2, 0) is 10.0 Å². The van der Waals surface area contributed by atoms with Crippen molar-refractivity contribution < 1.29 is 8.42 Å². The fourth-order valence-corrected chi connectivity index (χ4v) is 3.47. The van der Waals surface area contributed by atoms with Gasteiger partial charge in [0.15, 0.2) is 0 Å². The van der Waals surface area contributed by atoms with Crippen molar-refractivity contribution in [2.45, 2.75) is 45.2 Å². The third-order valence-corrected chi connectivity index (χ3v) is 4.96. The van der Waals surface area contributed by atoms with E-state index in [1.165, 1.54) is 0 Å². The summed E-state index contributed by atoms with van der Waals surface area (Å²) in [5.41, 5.74) is 0. The van der Waals surface area contributed by atoms with Gasteiger partial charge >= 0.3 is 0 Å². The van der Waals surface area contributed by atoms with Crippen molar-refractivity contribution >= 4 is 10.0 Å². The van der Waals surface area contributed by atoms with Crippen LogP contribution in [0.3, 0.4) is 0 Å². The summed E-state index contributed by atoms with van der Waals surface area (Å²) in [6.07, 6.45) is 2.83. The summed E-state index contributed by atoms with van der Waals surface area (Å²) in [5, 5.41) is 3.12. The molecule has 108 valence electrons. The lowest BCUT2D eigenvalue weighted by Gasteiger charge is -2.35. The largest absolute Gasteiger partial charge is 0.316 e. The number of sulfonamides is 1. The minimum atomic E-state index is -3.13. The molecule has 2 N–H and O–H groups in total. The quantitative estimate of drug-likeness (QED) is 0.661. The summed E-state index contributed by atoms with van der Waals surface area (Å²) in [6, 6.07) is 0.553. The number of nitrogens with one attached hydrogen (secondary N) is 2. The molecular weight excluding hydrogens is 250 g/mol. The van der Waals surface area contributed by atoms with Crippen LogP contribution in [0, 0.1) is 0 Å². The molecule has 18 heavy (non-hydrogen) atoms. The molecule has 1 heterocycles. The molecule has 2 atom stereocenters. The zero-order chi connectivity index (χ0) is 13.6. The first kappa shape index (κ1) is 15.9. The van der Waals surface area contributed by atoms with E-state index >= 15 is 0 Å². The van der Waals surface area contributed by atoms with Gasteiger partial charge in [-0.05, 0) is 46.3 Å². The Bertz CT molecular complexity index is 332. The lowest BCUT2D eigenvalue weighted by Crippen LogP contribution is -2.48. The SMILES string of the molecule is CCCNCCS(=O)(=O)NC1CCN(C)C(C)C1. The Kier molecular flexibility index (Phi) is 6.55. The molecule has 2 unspecified atom stereocenters. The molecule has 0 aromatic heterocycles. The normalized spacial score (nSPS) is 26.4. The molecule has 0 radical (unpaired) electrons. The summed E-state index contributed by atoms with van der Waals surface area (Å²) >= 11 is 0. The Labute approximate surface area is 111 Å². The van der Waals surface area contributed by atoms with Crippen LogP contribution >= 0.6 is 0 Å². The highest BCUT2D eigenvalue weighted by atomic mass is 32.2. The topological polar surface area (TPSA) is 61.4 Å². The highest BCUT2D eigenvalue weighted by molar-refractivity contribution is 7.89. The van der Waals surface area contributed by atoms with Crippen molar-refractivity contribution in [3.8, 4) is 0 Å². The van der Waals surface area contributed by atoms with Crippen LogP contribution in [0.2, 0.25) is 0 Å². The van der Waals surface area contributed by atoms with Crippen LogP contribution in [0.5, 0.6) is 0 Å². The van der Waals surface area contributed by atoms with Gasteiger partial charge in [0.05, 0.1) is 5.75 Å². The van der Waals surface area contributed by atoms with E-state index in [0.29, 0.717) is 12.6 Å². The second-order valence-corrected chi connectivity index (χ2v) is 7.11. The van der Waals surface area contributed by atoms with Gasteiger partial charge in [-0.3, -0.25) is 0 Å². The zero-order valence-electron chi connectivity index (χ0n) is 11.8. The van der Waals surface area contributed by atoms with Crippen LogP contribution in [0.4, 0.5) is 0 Å².